The molecular weight excluding hydrogens is 359 g/mol. The number of amides is 2. The van der Waals surface area contributed by atoms with E-state index < -0.39 is 23.2 Å². The number of halogens is 2. The van der Waals surface area contributed by atoms with Gasteiger partial charge in [-0.15, -0.1) is 0 Å². The molecule has 1 aliphatic heterocycles. The van der Waals surface area contributed by atoms with Gasteiger partial charge < -0.3 is 15.3 Å². The van der Waals surface area contributed by atoms with E-state index in [1.165, 1.54) is 17.0 Å². The van der Waals surface area contributed by atoms with Crippen LogP contribution < -0.4 is 10.2 Å². The first-order chi connectivity index (χ1) is 12.3. The van der Waals surface area contributed by atoms with Gasteiger partial charge in [0.25, 0.3) is 11.8 Å². The molecule has 0 aromatic heterocycles. The Bertz CT molecular complexity index is 853. The largest absolute Gasteiger partial charge is 0.372 e. The fourth-order valence-electron chi connectivity index (χ4n) is 3.05. The number of rotatable bonds is 4. The third-order valence-corrected chi connectivity index (χ3v) is 4.67. The van der Waals surface area contributed by atoms with Crippen molar-refractivity contribution in [2.24, 2.45) is 0 Å². The van der Waals surface area contributed by atoms with Crippen molar-refractivity contribution < 1.29 is 19.1 Å². The number of hydrogen-bond acceptors (Lipinski definition) is 3. The van der Waals surface area contributed by atoms with Crippen LogP contribution in [-0.4, -0.2) is 29.1 Å². The van der Waals surface area contributed by atoms with E-state index in [-0.39, 0.29) is 24.5 Å². The summed E-state index contributed by atoms with van der Waals surface area (Å²) < 4.78 is 13.4. The lowest BCUT2D eigenvalue weighted by Gasteiger charge is -2.22. The van der Waals surface area contributed by atoms with Crippen LogP contribution in [0.25, 0.3) is 0 Å². The third kappa shape index (κ3) is 3.43. The van der Waals surface area contributed by atoms with Gasteiger partial charge in [0.15, 0.2) is 0 Å². The summed E-state index contributed by atoms with van der Waals surface area (Å²) in [5, 5.41) is 13.3. The Balaban J connectivity index is 1.73. The molecule has 2 aromatic carbocycles. The van der Waals surface area contributed by atoms with Crippen LogP contribution in [0.1, 0.15) is 17.5 Å². The average Bonchev–Trinajstić information content (AvgIpc) is 2.89. The molecule has 1 saturated heterocycles. The molecule has 1 aliphatic rings. The number of aliphatic hydroxyl groups is 1. The zero-order valence-corrected chi connectivity index (χ0v) is 14.9. The first-order valence-electron chi connectivity index (χ1n) is 8.14. The van der Waals surface area contributed by atoms with Crippen LogP contribution >= 0.6 is 11.6 Å². The van der Waals surface area contributed by atoms with E-state index in [0.717, 1.165) is 11.6 Å². The maximum absolute atomic E-state index is 13.4. The van der Waals surface area contributed by atoms with Crippen LogP contribution in [0.5, 0.6) is 0 Å². The molecule has 0 saturated carbocycles. The number of anilines is 1. The fraction of sp³-hybridized carbons (Fsp3) is 0.263. The zero-order valence-electron chi connectivity index (χ0n) is 14.1. The summed E-state index contributed by atoms with van der Waals surface area (Å²) in [4.78, 5) is 26.5. The normalized spacial score (nSPS) is 19.7. The molecule has 0 bridgehead atoms. The lowest BCUT2D eigenvalue weighted by Crippen LogP contribution is -2.52. The molecule has 5 nitrogen and oxygen atoms in total. The molecule has 0 spiro atoms. The summed E-state index contributed by atoms with van der Waals surface area (Å²) in [6.45, 7) is 2.05. The van der Waals surface area contributed by atoms with Gasteiger partial charge in [0, 0.05) is 30.2 Å². The van der Waals surface area contributed by atoms with Crippen molar-refractivity contribution in [3.8, 4) is 0 Å². The van der Waals surface area contributed by atoms with Gasteiger partial charge in [-0.2, -0.15) is 0 Å². The van der Waals surface area contributed by atoms with Crippen molar-refractivity contribution in [1.82, 2.24) is 5.32 Å². The van der Waals surface area contributed by atoms with Gasteiger partial charge in [0.2, 0.25) is 5.60 Å². The van der Waals surface area contributed by atoms with Gasteiger partial charge in [0.05, 0.1) is 0 Å². The van der Waals surface area contributed by atoms with Crippen molar-refractivity contribution in [2.45, 2.75) is 25.5 Å². The molecule has 1 atom stereocenters. The monoisotopic (exact) mass is 376 g/mol. The Morgan fingerprint density at radius 1 is 1.35 bits per heavy atom. The highest BCUT2D eigenvalue weighted by atomic mass is 35.5. The summed E-state index contributed by atoms with van der Waals surface area (Å²) in [7, 11) is 0. The van der Waals surface area contributed by atoms with Crippen LogP contribution in [-0.2, 0) is 16.1 Å². The number of nitrogens with one attached hydrogen (secondary N) is 1. The summed E-state index contributed by atoms with van der Waals surface area (Å²) in [6, 6.07) is 11.2. The number of hydrogen-bond donors (Lipinski definition) is 2. The van der Waals surface area contributed by atoms with Crippen molar-refractivity contribution in [3.05, 3.63) is 64.4 Å². The third-order valence-electron chi connectivity index (χ3n) is 4.45. The first kappa shape index (κ1) is 18.4. The predicted molar refractivity (Wildman–Crippen MR) is 96.4 cm³/mol. The Hall–Kier alpha value is -2.44. The zero-order chi connectivity index (χ0) is 18.9. The maximum Gasteiger partial charge on any atom is 0.268 e. The van der Waals surface area contributed by atoms with E-state index in [4.69, 9.17) is 11.6 Å². The van der Waals surface area contributed by atoms with Crippen molar-refractivity contribution >= 4 is 29.1 Å². The van der Waals surface area contributed by atoms with Crippen molar-refractivity contribution in [1.29, 1.82) is 0 Å². The van der Waals surface area contributed by atoms with Gasteiger partial charge >= 0.3 is 0 Å². The van der Waals surface area contributed by atoms with Crippen LogP contribution in [0.15, 0.2) is 42.5 Å². The van der Waals surface area contributed by atoms with Crippen LogP contribution in [0.4, 0.5) is 10.1 Å². The minimum atomic E-state index is -2.14. The average molecular weight is 377 g/mol. The topological polar surface area (TPSA) is 69.6 Å². The molecular formula is C19H18ClFN2O3. The maximum atomic E-state index is 13.4. The summed E-state index contributed by atoms with van der Waals surface area (Å²) in [6.07, 6.45) is -0.0179. The molecule has 2 amide bonds. The highest BCUT2D eigenvalue weighted by Gasteiger charge is 2.51. The summed E-state index contributed by atoms with van der Waals surface area (Å²) in [5.74, 6) is -2.00. The molecule has 1 heterocycles. The molecule has 7 heteroatoms. The molecule has 0 radical (unpaired) electrons. The number of nitrogens with zero attached hydrogens (tertiary/aromatic N) is 1. The van der Waals surface area contributed by atoms with Gasteiger partial charge in [-0.1, -0.05) is 29.8 Å². The van der Waals surface area contributed by atoms with Gasteiger partial charge in [-0.3, -0.25) is 9.59 Å². The molecule has 26 heavy (non-hydrogen) atoms. The Labute approximate surface area is 155 Å². The minimum absolute atomic E-state index is 0.0179. The smallest absolute Gasteiger partial charge is 0.268 e. The molecule has 2 aromatic rings. The number of carbonyl (C=O) groups excluding carboxylic acids is 2. The minimum Gasteiger partial charge on any atom is -0.372 e. The molecule has 1 fully saturated rings. The Kier molecular flexibility index (Phi) is 4.98. The van der Waals surface area contributed by atoms with E-state index in [1.807, 2.05) is 19.1 Å². The first-order valence-corrected chi connectivity index (χ1v) is 8.52. The van der Waals surface area contributed by atoms with Gasteiger partial charge in [0.1, 0.15) is 5.82 Å². The number of carbonyl (C=O) groups is 2. The second-order valence-electron chi connectivity index (χ2n) is 6.31. The van der Waals surface area contributed by atoms with Crippen LogP contribution in [0, 0.1) is 12.7 Å². The molecule has 136 valence electrons. The van der Waals surface area contributed by atoms with Crippen molar-refractivity contribution in [3.63, 3.8) is 0 Å². The lowest BCUT2D eigenvalue weighted by molar-refractivity contribution is -0.149. The molecule has 2 N–H and O–H groups in total. The predicted octanol–water partition coefficient (Wildman–Crippen LogP) is 2.57. The SMILES string of the molecule is Cc1ccccc1N1CC[C@](O)(C(=O)NCc2cc(F)cc(Cl)c2)C1=O. The highest BCUT2D eigenvalue weighted by molar-refractivity contribution is 6.30. The van der Waals surface area contributed by atoms with E-state index in [9.17, 15) is 19.1 Å². The number of aryl methyl sites for hydroxylation is 1. The standard InChI is InChI=1S/C19H18ClFN2O3/c1-12-4-2-3-5-16(12)23-7-6-19(26,18(23)25)17(24)22-11-13-8-14(20)10-15(21)9-13/h2-5,8-10,26H,6-7,11H2,1H3,(H,22,24)/t19-/m0/s1. The van der Waals surface area contributed by atoms with E-state index in [2.05, 4.69) is 5.32 Å². The van der Waals surface area contributed by atoms with E-state index in [1.54, 1.807) is 12.1 Å². The van der Waals surface area contributed by atoms with Gasteiger partial charge in [-0.25, -0.2) is 4.39 Å². The molecule has 0 unspecified atom stereocenters. The molecule has 3 rings (SSSR count). The van der Waals surface area contributed by atoms with Gasteiger partial charge in [-0.05, 0) is 42.3 Å². The summed E-state index contributed by atoms with van der Waals surface area (Å²) >= 11 is 5.78. The number of benzene rings is 2. The second-order valence-corrected chi connectivity index (χ2v) is 6.75. The quantitative estimate of drug-likeness (QED) is 0.806. The van der Waals surface area contributed by atoms with E-state index >= 15 is 0 Å². The lowest BCUT2D eigenvalue weighted by atomic mass is 10.0. The van der Waals surface area contributed by atoms with E-state index in [0.29, 0.717) is 11.3 Å². The van der Waals surface area contributed by atoms with Crippen LogP contribution in [0.3, 0.4) is 0 Å². The highest BCUT2D eigenvalue weighted by Crippen LogP contribution is 2.30. The fourth-order valence-corrected chi connectivity index (χ4v) is 3.30. The summed E-state index contributed by atoms with van der Waals surface area (Å²) in [5.41, 5.74) is -0.162. The number of para-hydroxylation sites is 1. The molecule has 0 aliphatic carbocycles. The Morgan fingerprint density at radius 3 is 2.77 bits per heavy atom. The van der Waals surface area contributed by atoms with Crippen LogP contribution in [0.2, 0.25) is 5.02 Å². The van der Waals surface area contributed by atoms with Crippen molar-refractivity contribution in [2.75, 3.05) is 11.4 Å². The Morgan fingerprint density at radius 2 is 2.08 bits per heavy atom. The second kappa shape index (κ2) is 7.05.